The second kappa shape index (κ2) is 3.62. The van der Waals surface area contributed by atoms with Crippen LogP contribution in [0.2, 0.25) is 0 Å². The molecular formula is C14H13NO2S. The lowest BCUT2D eigenvalue weighted by Gasteiger charge is -2.18. The zero-order valence-electron chi connectivity index (χ0n) is 9.95. The summed E-state index contributed by atoms with van der Waals surface area (Å²) in [6.45, 7) is 2.07. The number of fused-ring (bicyclic) bond motifs is 5. The van der Waals surface area contributed by atoms with Gasteiger partial charge in [0.15, 0.2) is 0 Å². The molecule has 0 aliphatic carbocycles. The van der Waals surface area contributed by atoms with E-state index in [-0.39, 0.29) is 40.0 Å². The van der Waals surface area contributed by atoms with E-state index in [2.05, 4.69) is 41.6 Å². The number of carbonyl (C=O) groups excluding carboxylic acids is 1. The van der Waals surface area contributed by atoms with Crippen molar-refractivity contribution in [2.24, 2.45) is 10.3 Å². The van der Waals surface area contributed by atoms with E-state index in [1.807, 2.05) is 6.08 Å². The molecule has 0 radical (unpaired) electrons. The van der Waals surface area contributed by atoms with Gasteiger partial charge in [0.2, 0.25) is 0 Å². The molecule has 18 heavy (non-hydrogen) atoms. The SMILES string of the molecule is Cc1ccc(S2=NC(=O)[C@@H]3[C@H]2[C@@H]2C=C[C@H]3O2)cc1. The van der Waals surface area contributed by atoms with E-state index in [1.54, 1.807) is 0 Å². The summed E-state index contributed by atoms with van der Waals surface area (Å²) >= 11 is 0. The van der Waals surface area contributed by atoms with Crippen LogP contribution in [0.15, 0.2) is 45.7 Å². The molecule has 1 amide bonds. The molecule has 3 nitrogen and oxygen atoms in total. The summed E-state index contributed by atoms with van der Waals surface area (Å²) < 4.78 is 10.2. The lowest BCUT2D eigenvalue weighted by Crippen LogP contribution is -2.32. The number of amides is 1. The minimum absolute atomic E-state index is 0.0285. The molecule has 3 aliphatic heterocycles. The molecule has 4 heteroatoms. The Kier molecular flexibility index (Phi) is 2.14. The molecule has 1 aromatic rings. The summed E-state index contributed by atoms with van der Waals surface area (Å²) in [5, 5.41) is 0.232. The zero-order valence-corrected chi connectivity index (χ0v) is 10.8. The van der Waals surface area contributed by atoms with Crippen LogP contribution in [0.25, 0.3) is 0 Å². The van der Waals surface area contributed by atoms with Crippen molar-refractivity contribution in [3.8, 4) is 0 Å². The van der Waals surface area contributed by atoms with Crippen molar-refractivity contribution in [2.45, 2.75) is 29.3 Å². The van der Waals surface area contributed by atoms with Gasteiger partial charge in [0.1, 0.15) is 0 Å². The molecule has 1 aromatic carbocycles. The van der Waals surface area contributed by atoms with Gasteiger partial charge >= 0.3 is 0 Å². The number of aryl methyl sites for hydroxylation is 1. The Morgan fingerprint density at radius 3 is 2.67 bits per heavy atom. The van der Waals surface area contributed by atoms with Crippen LogP contribution in [0, 0.1) is 12.8 Å². The second-order valence-electron chi connectivity index (χ2n) is 5.00. The van der Waals surface area contributed by atoms with Gasteiger partial charge in [0.25, 0.3) is 5.91 Å². The Morgan fingerprint density at radius 2 is 1.89 bits per heavy atom. The van der Waals surface area contributed by atoms with Crippen molar-refractivity contribution in [2.75, 3.05) is 0 Å². The Hall–Kier alpha value is -1.26. The van der Waals surface area contributed by atoms with Gasteiger partial charge < -0.3 is 4.74 Å². The van der Waals surface area contributed by atoms with E-state index in [4.69, 9.17) is 4.74 Å². The summed E-state index contributed by atoms with van der Waals surface area (Å²) in [5.74, 6) is -0.00889. The Bertz CT molecular complexity index is 590. The highest BCUT2D eigenvalue weighted by molar-refractivity contribution is 7.88. The predicted molar refractivity (Wildman–Crippen MR) is 69.3 cm³/mol. The van der Waals surface area contributed by atoms with Crippen LogP contribution < -0.4 is 0 Å². The Labute approximate surface area is 108 Å². The van der Waals surface area contributed by atoms with Gasteiger partial charge in [-0.15, -0.1) is 0 Å². The smallest absolute Gasteiger partial charge is 0.259 e. The summed E-state index contributed by atoms with van der Waals surface area (Å²) in [6.07, 6.45) is 4.16. The summed E-state index contributed by atoms with van der Waals surface area (Å²) in [6, 6.07) is 8.35. The highest BCUT2D eigenvalue weighted by atomic mass is 32.2. The third-order valence-electron chi connectivity index (χ3n) is 3.83. The fourth-order valence-corrected chi connectivity index (χ4v) is 5.16. The van der Waals surface area contributed by atoms with Crippen molar-refractivity contribution in [3.05, 3.63) is 42.0 Å². The minimum Gasteiger partial charge on any atom is -0.365 e. The van der Waals surface area contributed by atoms with Crippen molar-refractivity contribution >= 4 is 16.6 Å². The first-order valence-electron chi connectivity index (χ1n) is 6.13. The average Bonchev–Trinajstić information content (AvgIpc) is 3.03. The monoisotopic (exact) mass is 259 g/mol. The first-order valence-corrected chi connectivity index (χ1v) is 7.38. The van der Waals surface area contributed by atoms with E-state index >= 15 is 0 Å². The fourth-order valence-electron chi connectivity index (χ4n) is 2.93. The maximum absolute atomic E-state index is 12.0. The van der Waals surface area contributed by atoms with Crippen LogP contribution in [-0.4, -0.2) is 23.4 Å². The number of rotatable bonds is 1. The highest BCUT2D eigenvalue weighted by Crippen LogP contribution is 2.43. The van der Waals surface area contributed by atoms with Crippen LogP contribution in [0.1, 0.15) is 5.56 Å². The van der Waals surface area contributed by atoms with Crippen LogP contribution in [0.5, 0.6) is 0 Å². The standard InChI is InChI=1S/C14H13NO2S/c1-8-2-4-9(5-3-8)18-13-11-7-6-10(17-11)12(13)14(16)15-18/h2-7,10-13H,1H3/t10-,11+,12+,13-,18?/m1/s1. The predicted octanol–water partition coefficient (Wildman–Crippen LogP) is 2.02. The topological polar surface area (TPSA) is 38.7 Å². The van der Waals surface area contributed by atoms with Crippen molar-refractivity contribution < 1.29 is 9.53 Å². The summed E-state index contributed by atoms with van der Waals surface area (Å²) in [4.78, 5) is 13.2. The van der Waals surface area contributed by atoms with Crippen molar-refractivity contribution in [3.63, 3.8) is 0 Å². The molecule has 3 heterocycles. The van der Waals surface area contributed by atoms with E-state index in [9.17, 15) is 4.79 Å². The zero-order chi connectivity index (χ0) is 12.3. The maximum Gasteiger partial charge on any atom is 0.259 e. The van der Waals surface area contributed by atoms with E-state index in [0.717, 1.165) is 4.90 Å². The third kappa shape index (κ3) is 1.33. The van der Waals surface area contributed by atoms with E-state index < -0.39 is 0 Å². The molecule has 1 unspecified atom stereocenters. The van der Waals surface area contributed by atoms with E-state index in [1.165, 1.54) is 5.56 Å². The molecule has 4 rings (SSSR count). The van der Waals surface area contributed by atoms with Gasteiger partial charge in [-0.2, -0.15) is 4.36 Å². The van der Waals surface area contributed by atoms with Crippen LogP contribution in [0.4, 0.5) is 0 Å². The molecule has 1 saturated heterocycles. The summed E-state index contributed by atoms with van der Waals surface area (Å²) in [7, 11) is -0.335. The highest BCUT2D eigenvalue weighted by Gasteiger charge is 2.54. The van der Waals surface area contributed by atoms with Gasteiger partial charge in [-0.1, -0.05) is 40.5 Å². The molecule has 1 fully saturated rings. The van der Waals surface area contributed by atoms with Crippen molar-refractivity contribution in [1.82, 2.24) is 0 Å². The number of hydrogen-bond donors (Lipinski definition) is 0. The van der Waals surface area contributed by atoms with Gasteiger partial charge in [0.05, 0.1) is 23.4 Å². The molecular weight excluding hydrogens is 246 g/mol. The van der Waals surface area contributed by atoms with Crippen molar-refractivity contribution in [1.29, 1.82) is 0 Å². The fraction of sp³-hybridized carbons (Fsp3) is 0.357. The molecule has 2 bridgehead atoms. The molecule has 5 atom stereocenters. The number of nitrogens with zero attached hydrogens (tertiary/aromatic N) is 1. The molecule has 92 valence electrons. The first kappa shape index (κ1) is 10.6. The first-order chi connectivity index (χ1) is 8.74. The van der Waals surface area contributed by atoms with Crippen LogP contribution >= 0.6 is 0 Å². The maximum atomic E-state index is 12.0. The number of carbonyl (C=O) groups is 1. The van der Waals surface area contributed by atoms with Crippen LogP contribution in [0.3, 0.4) is 0 Å². The minimum atomic E-state index is -0.335. The molecule has 3 aliphatic rings. The van der Waals surface area contributed by atoms with Crippen LogP contribution in [-0.2, 0) is 20.2 Å². The lowest BCUT2D eigenvalue weighted by molar-refractivity contribution is -0.121. The lowest BCUT2D eigenvalue weighted by atomic mass is 9.93. The molecule has 0 saturated carbocycles. The molecule has 0 spiro atoms. The number of hydrogen-bond acceptors (Lipinski definition) is 2. The molecule has 0 N–H and O–H groups in total. The summed E-state index contributed by atoms with van der Waals surface area (Å²) in [5.41, 5.74) is 1.23. The largest absolute Gasteiger partial charge is 0.365 e. The van der Waals surface area contributed by atoms with Gasteiger partial charge in [0, 0.05) is 4.90 Å². The normalized spacial score (nSPS) is 40.1. The number of ether oxygens (including phenoxy) is 1. The Balaban J connectivity index is 1.78. The second-order valence-corrected chi connectivity index (χ2v) is 6.83. The van der Waals surface area contributed by atoms with E-state index in [0.29, 0.717) is 0 Å². The quantitative estimate of drug-likeness (QED) is 0.724. The van der Waals surface area contributed by atoms with Gasteiger partial charge in [-0.25, -0.2) is 0 Å². The van der Waals surface area contributed by atoms with Gasteiger partial charge in [-0.3, -0.25) is 4.79 Å². The van der Waals surface area contributed by atoms with Gasteiger partial charge in [-0.05, 0) is 19.1 Å². The third-order valence-corrected chi connectivity index (χ3v) is 6.04. The Morgan fingerprint density at radius 1 is 1.17 bits per heavy atom. The molecule has 0 aromatic heterocycles. The average molecular weight is 259 g/mol. The number of benzene rings is 1.